The number of benzene rings is 1. The first-order chi connectivity index (χ1) is 10.6. The maximum absolute atomic E-state index is 11.8. The summed E-state index contributed by atoms with van der Waals surface area (Å²) in [7, 11) is 3.11. The second-order valence-electron chi connectivity index (χ2n) is 4.27. The van der Waals surface area contributed by atoms with Crippen LogP contribution in [0.4, 0.5) is 5.69 Å². The summed E-state index contributed by atoms with van der Waals surface area (Å²) in [6.07, 6.45) is 2.02. The van der Waals surface area contributed by atoms with Crippen LogP contribution in [0.1, 0.15) is 6.42 Å². The summed E-state index contributed by atoms with van der Waals surface area (Å²) < 4.78 is 9.93. The molecule has 0 aliphatic rings. The van der Waals surface area contributed by atoms with Gasteiger partial charge in [-0.3, -0.25) is 4.79 Å². The summed E-state index contributed by atoms with van der Waals surface area (Å²) >= 11 is 6.00. The maximum Gasteiger partial charge on any atom is 0.263 e. The van der Waals surface area contributed by atoms with Crippen LogP contribution in [0.15, 0.2) is 30.0 Å². The second kappa shape index (κ2) is 9.66. The van der Waals surface area contributed by atoms with Gasteiger partial charge in [0.05, 0.1) is 12.1 Å². The fraction of sp³-hybridized carbons (Fsp3) is 0.333. The fourth-order valence-corrected chi connectivity index (χ4v) is 1.83. The summed E-state index contributed by atoms with van der Waals surface area (Å²) in [6, 6.07) is 6.91. The molecule has 118 valence electrons. The topological polar surface area (TPSA) is 83.4 Å². The molecule has 1 aromatic rings. The van der Waals surface area contributed by atoms with Gasteiger partial charge in [0.1, 0.15) is 17.4 Å². The Bertz CT molecular complexity index is 582. The molecule has 0 atom stereocenters. The van der Waals surface area contributed by atoms with E-state index in [1.54, 1.807) is 25.3 Å². The van der Waals surface area contributed by atoms with Crippen molar-refractivity contribution in [1.82, 2.24) is 5.32 Å². The minimum atomic E-state index is -0.439. The molecular weight excluding hydrogens is 306 g/mol. The van der Waals surface area contributed by atoms with Crippen LogP contribution in [0.3, 0.4) is 0 Å². The molecule has 0 aromatic heterocycles. The van der Waals surface area contributed by atoms with E-state index in [1.165, 1.54) is 13.3 Å². The van der Waals surface area contributed by atoms with Crippen LogP contribution >= 0.6 is 11.6 Å². The van der Waals surface area contributed by atoms with Crippen LogP contribution in [0.5, 0.6) is 5.75 Å². The van der Waals surface area contributed by atoms with Crippen molar-refractivity contribution in [1.29, 1.82) is 5.26 Å². The number of amides is 1. The smallest absolute Gasteiger partial charge is 0.263 e. The van der Waals surface area contributed by atoms with Crippen molar-refractivity contribution < 1.29 is 14.3 Å². The highest BCUT2D eigenvalue weighted by atomic mass is 35.5. The van der Waals surface area contributed by atoms with Crippen LogP contribution in [-0.2, 0) is 9.53 Å². The number of nitriles is 1. The molecule has 0 heterocycles. The number of methoxy groups -OCH3 is 2. The van der Waals surface area contributed by atoms with Crippen molar-refractivity contribution in [3.05, 3.63) is 35.0 Å². The standard InChI is InChI=1S/C15H18ClN3O3/c1-21-7-3-6-18-15(20)11(9-17)10-19-12-4-5-14(22-2)13(16)8-12/h4-5,8,10,19H,3,6-7H2,1-2H3,(H,18,20)/b11-10-. The van der Waals surface area contributed by atoms with E-state index in [2.05, 4.69) is 10.6 Å². The van der Waals surface area contributed by atoms with E-state index in [9.17, 15) is 4.79 Å². The summed E-state index contributed by atoms with van der Waals surface area (Å²) in [5, 5.41) is 15.0. The number of nitrogens with one attached hydrogen (secondary N) is 2. The molecule has 0 radical (unpaired) electrons. The predicted octanol–water partition coefficient (Wildman–Crippen LogP) is 2.32. The molecule has 0 aliphatic carbocycles. The Morgan fingerprint density at radius 2 is 2.23 bits per heavy atom. The molecule has 0 spiro atoms. The minimum Gasteiger partial charge on any atom is -0.495 e. The summed E-state index contributed by atoms with van der Waals surface area (Å²) in [5.41, 5.74) is 0.620. The average Bonchev–Trinajstić information content (AvgIpc) is 2.52. The van der Waals surface area contributed by atoms with Gasteiger partial charge in [0, 0.05) is 32.1 Å². The van der Waals surface area contributed by atoms with E-state index in [0.29, 0.717) is 36.0 Å². The minimum absolute atomic E-state index is 0.0237. The molecule has 1 rings (SSSR count). The zero-order valence-corrected chi connectivity index (χ0v) is 13.2. The number of hydrogen-bond donors (Lipinski definition) is 2. The molecular formula is C15H18ClN3O3. The van der Waals surface area contributed by atoms with Crippen LogP contribution in [0, 0.1) is 11.3 Å². The lowest BCUT2D eigenvalue weighted by molar-refractivity contribution is -0.117. The highest BCUT2D eigenvalue weighted by molar-refractivity contribution is 6.32. The van der Waals surface area contributed by atoms with Gasteiger partial charge in [0.15, 0.2) is 0 Å². The van der Waals surface area contributed by atoms with Crippen LogP contribution in [0.2, 0.25) is 5.02 Å². The van der Waals surface area contributed by atoms with Gasteiger partial charge < -0.3 is 20.1 Å². The van der Waals surface area contributed by atoms with Gasteiger partial charge in [0.25, 0.3) is 5.91 Å². The maximum atomic E-state index is 11.8. The lowest BCUT2D eigenvalue weighted by Crippen LogP contribution is -2.26. The number of hydrogen-bond acceptors (Lipinski definition) is 5. The Morgan fingerprint density at radius 3 is 2.82 bits per heavy atom. The van der Waals surface area contributed by atoms with E-state index >= 15 is 0 Å². The van der Waals surface area contributed by atoms with Crippen molar-refractivity contribution in [3.8, 4) is 11.8 Å². The Balaban J connectivity index is 2.63. The van der Waals surface area contributed by atoms with Crippen LogP contribution in [-0.4, -0.2) is 33.3 Å². The molecule has 0 fully saturated rings. The predicted molar refractivity (Wildman–Crippen MR) is 84.8 cm³/mol. The molecule has 6 nitrogen and oxygen atoms in total. The van der Waals surface area contributed by atoms with Crippen molar-refractivity contribution >= 4 is 23.2 Å². The first kappa shape index (κ1) is 17.8. The van der Waals surface area contributed by atoms with Gasteiger partial charge in [0.2, 0.25) is 0 Å². The lowest BCUT2D eigenvalue weighted by atomic mass is 10.2. The SMILES string of the molecule is COCCCNC(=O)/C(C#N)=C\Nc1ccc(OC)c(Cl)c1. The molecule has 0 unspecified atom stereocenters. The largest absolute Gasteiger partial charge is 0.495 e. The van der Waals surface area contributed by atoms with Crippen LogP contribution < -0.4 is 15.4 Å². The summed E-state index contributed by atoms with van der Waals surface area (Å²) in [4.78, 5) is 11.8. The van der Waals surface area contributed by atoms with E-state index < -0.39 is 5.91 Å². The van der Waals surface area contributed by atoms with Crippen molar-refractivity contribution in [2.75, 3.05) is 32.7 Å². The molecule has 2 N–H and O–H groups in total. The van der Waals surface area contributed by atoms with Gasteiger partial charge in [-0.2, -0.15) is 5.26 Å². The van der Waals surface area contributed by atoms with E-state index in [4.69, 9.17) is 26.3 Å². The van der Waals surface area contributed by atoms with E-state index in [1.807, 2.05) is 6.07 Å². The molecule has 1 amide bonds. The second-order valence-corrected chi connectivity index (χ2v) is 4.67. The number of carbonyl (C=O) groups excluding carboxylic acids is 1. The Morgan fingerprint density at radius 1 is 1.45 bits per heavy atom. The van der Waals surface area contributed by atoms with Gasteiger partial charge in [-0.05, 0) is 24.6 Å². The van der Waals surface area contributed by atoms with Crippen molar-refractivity contribution in [3.63, 3.8) is 0 Å². The monoisotopic (exact) mass is 323 g/mol. The Kier molecular flexibility index (Phi) is 7.83. The molecule has 1 aromatic carbocycles. The Labute approximate surface area is 134 Å². The molecule has 22 heavy (non-hydrogen) atoms. The molecule has 0 bridgehead atoms. The number of ether oxygens (including phenoxy) is 2. The average molecular weight is 324 g/mol. The van der Waals surface area contributed by atoms with E-state index in [-0.39, 0.29) is 5.57 Å². The molecule has 0 saturated heterocycles. The third-order valence-electron chi connectivity index (χ3n) is 2.71. The van der Waals surface area contributed by atoms with Crippen molar-refractivity contribution in [2.45, 2.75) is 6.42 Å². The number of halogens is 1. The van der Waals surface area contributed by atoms with Crippen molar-refractivity contribution in [2.24, 2.45) is 0 Å². The highest BCUT2D eigenvalue weighted by Crippen LogP contribution is 2.27. The molecule has 0 saturated carbocycles. The van der Waals surface area contributed by atoms with Gasteiger partial charge in [-0.1, -0.05) is 11.6 Å². The van der Waals surface area contributed by atoms with Gasteiger partial charge >= 0.3 is 0 Å². The Hall–Kier alpha value is -2.23. The number of nitrogens with zero attached hydrogens (tertiary/aromatic N) is 1. The summed E-state index contributed by atoms with van der Waals surface area (Å²) in [6.45, 7) is 0.995. The molecule has 7 heteroatoms. The lowest BCUT2D eigenvalue weighted by Gasteiger charge is -2.07. The zero-order chi connectivity index (χ0) is 16.4. The first-order valence-electron chi connectivity index (χ1n) is 6.59. The number of carbonyl (C=O) groups is 1. The third kappa shape index (κ3) is 5.64. The molecule has 0 aliphatic heterocycles. The van der Waals surface area contributed by atoms with Gasteiger partial charge in [-0.15, -0.1) is 0 Å². The number of anilines is 1. The fourth-order valence-electron chi connectivity index (χ4n) is 1.57. The third-order valence-corrected chi connectivity index (χ3v) is 3.01. The normalized spacial score (nSPS) is 10.7. The highest BCUT2D eigenvalue weighted by Gasteiger charge is 2.08. The van der Waals surface area contributed by atoms with Gasteiger partial charge in [-0.25, -0.2) is 0 Å². The summed E-state index contributed by atoms with van der Waals surface area (Å²) in [5.74, 6) is 0.110. The first-order valence-corrected chi connectivity index (χ1v) is 6.97. The van der Waals surface area contributed by atoms with E-state index in [0.717, 1.165) is 0 Å². The zero-order valence-electron chi connectivity index (χ0n) is 12.5. The number of rotatable bonds is 8. The quantitative estimate of drug-likeness (QED) is 0.436. The van der Waals surface area contributed by atoms with Crippen LogP contribution in [0.25, 0.3) is 0 Å².